The summed E-state index contributed by atoms with van der Waals surface area (Å²) < 4.78 is 14.0. The van der Waals surface area contributed by atoms with Crippen molar-refractivity contribution in [2.45, 2.75) is 38.4 Å². The molecule has 5 heterocycles. The lowest BCUT2D eigenvalue weighted by atomic mass is 9.84. The molecule has 9 nitrogen and oxygen atoms in total. The molecule has 0 bridgehead atoms. The third-order valence-electron chi connectivity index (χ3n) is 5.11. The fraction of sp³-hybridized carbons (Fsp3) is 0.500. The first-order chi connectivity index (χ1) is 13.1. The van der Waals surface area contributed by atoms with Crippen molar-refractivity contribution in [1.29, 1.82) is 0 Å². The van der Waals surface area contributed by atoms with Crippen LogP contribution >= 0.6 is 0 Å². The van der Waals surface area contributed by atoms with Crippen LogP contribution in [0.4, 0.5) is 5.82 Å². The van der Waals surface area contributed by atoms with E-state index in [1.54, 1.807) is 16.9 Å². The highest BCUT2D eigenvalue weighted by Gasteiger charge is 2.49. The molecule has 0 amide bonds. The number of anilines is 1. The van der Waals surface area contributed by atoms with Crippen LogP contribution in [0.3, 0.4) is 0 Å². The standard InChI is InChI=1S/C18H21N7O2/c1-12-5-16(25-17(23-12)20-11-21-25)24-9-18(10-24)6-14(3-4-26-18)27-15-8-19-7-13(2)22-15/h5,7-8,11,14H,3-4,6,9-10H2,1-2H3/t14-/m0/s1. The molecule has 0 unspecified atom stereocenters. The highest BCUT2D eigenvalue weighted by Crippen LogP contribution is 2.38. The van der Waals surface area contributed by atoms with Gasteiger partial charge in [-0.05, 0) is 13.8 Å². The van der Waals surface area contributed by atoms with Gasteiger partial charge in [0.2, 0.25) is 5.88 Å². The van der Waals surface area contributed by atoms with Crippen molar-refractivity contribution in [3.63, 3.8) is 0 Å². The van der Waals surface area contributed by atoms with Gasteiger partial charge in [-0.3, -0.25) is 4.98 Å². The molecule has 3 aromatic heterocycles. The van der Waals surface area contributed by atoms with Gasteiger partial charge < -0.3 is 14.4 Å². The van der Waals surface area contributed by atoms with Crippen molar-refractivity contribution in [3.8, 4) is 5.88 Å². The molecule has 27 heavy (non-hydrogen) atoms. The average Bonchev–Trinajstić information content (AvgIpc) is 3.07. The van der Waals surface area contributed by atoms with E-state index >= 15 is 0 Å². The number of fused-ring (bicyclic) bond motifs is 1. The fourth-order valence-corrected chi connectivity index (χ4v) is 3.92. The van der Waals surface area contributed by atoms with Crippen LogP contribution in [0.15, 0.2) is 24.8 Å². The van der Waals surface area contributed by atoms with E-state index in [0.717, 1.165) is 43.1 Å². The van der Waals surface area contributed by atoms with Gasteiger partial charge in [0.25, 0.3) is 5.78 Å². The largest absolute Gasteiger partial charge is 0.473 e. The molecular weight excluding hydrogens is 346 g/mol. The zero-order valence-corrected chi connectivity index (χ0v) is 15.4. The molecule has 1 atom stereocenters. The second-order valence-electron chi connectivity index (χ2n) is 7.35. The van der Waals surface area contributed by atoms with Gasteiger partial charge in [-0.15, -0.1) is 0 Å². The minimum Gasteiger partial charge on any atom is -0.473 e. The van der Waals surface area contributed by atoms with Crippen molar-refractivity contribution >= 4 is 11.6 Å². The topological polar surface area (TPSA) is 90.6 Å². The fourth-order valence-electron chi connectivity index (χ4n) is 3.92. The van der Waals surface area contributed by atoms with E-state index in [-0.39, 0.29) is 11.7 Å². The Balaban J connectivity index is 1.30. The molecule has 0 aromatic carbocycles. The van der Waals surface area contributed by atoms with E-state index in [1.807, 2.05) is 19.9 Å². The minimum atomic E-state index is -0.190. The smallest absolute Gasteiger partial charge is 0.254 e. The Bertz CT molecular complexity index is 983. The number of nitrogens with zero attached hydrogens (tertiary/aromatic N) is 7. The molecule has 0 saturated carbocycles. The van der Waals surface area contributed by atoms with Gasteiger partial charge >= 0.3 is 0 Å². The Labute approximate surface area is 156 Å². The Morgan fingerprint density at radius 1 is 1.19 bits per heavy atom. The van der Waals surface area contributed by atoms with Gasteiger partial charge in [-0.25, -0.2) is 9.97 Å². The van der Waals surface area contributed by atoms with E-state index in [0.29, 0.717) is 18.3 Å². The van der Waals surface area contributed by atoms with Crippen molar-refractivity contribution in [2.24, 2.45) is 0 Å². The van der Waals surface area contributed by atoms with Crippen LogP contribution in [0.1, 0.15) is 24.2 Å². The van der Waals surface area contributed by atoms with Gasteiger partial charge in [0.15, 0.2) is 0 Å². The van der Waals surface area contributed by atoms with Crippen LogP contribution in [0.5, 0.6) is 5.88 Å². The van der Waals surface area contributed by atoms with Crippen molar-refractivity contribution in [2.75, 3.05) is 24.6 Å². The lowest BCUT2D eigenvalue weighted by Crippen LogP contribution is -2.66. The molecular formula is C18H21N7O2. The number of ether oxygens (including phenoxy) is 2. The normalized spacial score (nSPS) is 21.4. The summed E-state index contributed by atoms with van der Waals surface area (Å²) in [5.41, 5.74) is 1.59. The number of hydrogen-bond donors (Lipinski definition) is 0. The van der Waals surface area contributed by atoms with Crippen LogP contribution in [0.25, 0.3) is 5.78 Å². The molecule has 2 fully saturated rings. The highest BCUT2D eigenvalue weighted by molar-refractivity contribution is 5.50. The minimum absolute atomic E-state index is 0.0857. The Morgan fingerprint density at radius 3 is 2.93 bits per heavy atom. The van der Waals surface area contributed by atoms with Gasteiger partial charge in [-0.1, -0.05) is 0 Å². The van der Waals surface area contributed by atoms with Gasteiger partial charge in [0, 0.05) is 30.8 Å². The average molecular weight is 367 g/mol. The summed E-state index contributed by atoms with van der Waals surface area (Å²) in [5, 5.41) is 4.30. The molecule has 0 aliphatic carbocycles. The third kappa shape index (κ3) is 2.97. The molecule has 5 rings (SSSR count). The van der Waals surface area contributed by atoms with Gasteiger partial charge in [-0.2, -0.15) is 14.6 Å². The maximum absolute atomic E-state index is 6.15. The molecule has 2 aliphatic heterocycles. The van der Waals surface area contributed by atoms with Crippen molar-refractivity contribution in [1.82, 2.24) is 29.5 Å². The first-order valence-corrected chi connectivity index (χ1v) is 9.12. The van der Waals surface area contributed by atoms with Gasteiger partial charge in [0.05, 0.1) is 31.6 Å². The molecule has 2 saturated heterocycles. The monoisotopic (exact) mass is 367 g/mol. The molecule has 3 aromatic rings. The van der Waals surface area contributed by atoms with Crippen LogP contribution < -0.4 is 9.64 Å². The first kappa shape index (κ1) is 16.4. The summed E-state index contributed by atoms with van der Waals surface area (Å²) in [4.78, 5) is 19.4. The van der Waals surface area contributed by atoms with E-state index in [4.69, 9.17) is 9.47 Å². The molecule has 2 aliphatic rings. The number of aromatic nitrogens is 6. The second-order valence-corrected chi connectivity index (χ2v) is 7.35. The number of rotatable bonds is 3. The molecule has 1 spiro atoms. The Hall–Kier alpha value is -2.81. The van der Waals surface area contributed by atoms with E-state index < -0.39 is 0 Å². The predicted molar refractivity (Wildman–Crippen MR) is 96.8 cm³/mol. The molecule has 9 heteroatoms. The number of aryl methyl sites for hydroxylation is 2. The SMILES string of the molecule is Cc1cncc(O[C@H]2CCOC3(C2)CN(c2cc(C)nc4ncnn24)C3)n1. The lowest BCUT2D eigenvalue weighted by Gasteiger charge is -2.53. The lowest BCUT2D eigenvalue weighted by molar-refractivity contribution is -0.127. The van der Waals surface area contributed by atoms with E-state index in [2.05, 4.69) is 29.9 Å². The summed E-state index contributed by atoms with van der Waals surface area (Å²) in [6.07, 6.45) is 6.71. The molecule has 140 valence electrons. The summed E-state index contributed by atoms with van der Waals surface area (Å²) in [5.74, 6) is 2.20. The third-order valence-corrected chi connectivity index (χ3v) is 5.11. The van der Waals surface area contributed by atoms with Crippen LogP contribution in [0.2, 0.25) is 0 Å². The van der Waals surface area contributed by atoms with Crippen LogP contribution in [0, 0.1) is 13.8 Å². The summed E-state index contributed by atoms with van der Waals surface area (Å²) in [7, 11) is 0. The number of hydrogen-bond acceptors (Lipinski definition) is 8. The van der Waals surface area contributed by atoms with E-state index in [1.165, 1.54) is 6.33 Å². The van der Waals surface area contributed by atoms with Crippen LogP contribution in [-0.4, -0.2) is 61.0 Å². The first-order valence-electron chi connectivity index (χ1n) is 9.12. The second kappa shape index (κ2) is 6.12. The quantitative estimate of drug-likeness (QED) is 0.685. The highest BCUT2D eigenvalue weighted by atomic mass is 16.5. The zero-order valence-electron chi connectivity index (χ0n) is 15.4. The van der Waals surface area contributed by atoms with Crippen molar-refractivity contribution < 1.29 is 9.47 Å². The summed E-state index contributed by atoms with van der Waals surface area (Å²) in [6.45, 7) is 6.16. The molecule has 0 N–H and O–H groups in total. The Morgan fingerprint density at radius 2 is 2.07 bits per heavy atom. The van der Waals surface area contributed by atoms with Crippen molar-refractivity contribution in [3.05, 3.63) is 36.2 Å². The summed E-state index contributed by atoms with van der Waals surface area (Å²) >= 11 is 0. The summed E-state index contributed by atoms with van der Waals surface area (Å²) in [6, 6.07) is 2.04. The van der Waals surface area contributed by atoms with Crippen LogP contribution in [-0.2, 0) is 4.74 Å². The Kier molecular flexibility index (Phi) is 3.71. The molecule has 0 radical (unpaired) electrons. The predicted octanol–water partition coefficient (Wildman–Crippen LogP) is 1.35. The maximum Gasteiger partial charge on any atom is 0.254 e. The van der Waals surface area contributed by atoms with Gasteiger partial charge in [0.1, 0.15) is 23.9 Å². The van der Waals surface area contributed by atoms with E-state index in [9.17, 15) is 0 Å². The zero-order chi connectivity index (χ0) is 18.4. The maximum atomic E-state index is 6.15.